The van der Waals surface area contributed by atoms with Crippen LogP contribution in [-0.2, 0) is 16.1 Å². The predicted molar refractivity (Wildman–Crippen MR) is 152 cm³/mol. The summed E-state index contributed by atoms with van der Waals surface area (Å²) in [5.41, 5.74) is 2.91. The smallest absolute Gasteiger partial charge is 0.280 e. The SMILES string of the molecule is O=C1CCC(N2Cc3cc(C(=O)N4CCC(N5CC=C(c6cccc(Cl)c6Cl)CC5)C(F)(F)C4)ccc3C2=O)C(=O)N1. The van der Waals surface area contributed by atoms with Gasteiger partial charge in [0.1, 0.15) is 6.04 Å². The molecule has 8 nitrogen and oxygen atoms in total. The first-order valence-electron chi connectivity index (χ1n) is 13.9. The van der Waals surface area contributed by atoms with Gasteiger partial charge in [0, 0.05) is 43.7 Å². The molecule has 2 fully saturated rings. The first-order chi connectivity index (χ1) is 20.0. The molecule has 0 aromatic heterocycles. The normalized spacial score (nSPS) is 24.4. The van der Waals surface area contributed by atoms with Crippen LogP contribution in [-0.4, -0.2) is 82.5 Å². The van der Waals surface area contributed by atoms with Crippen LogP contribution in [0.5, 0.6) is 0 Å². The van der Waals surface area contributed by atoms with Gasteiger partial charge in [-0.25, -0.2) is 8.78 Å². The molecule has 12 heteroatoms. The van der Waals surface area contributed by atoms with Crippen molar-refractivity contribution in [3.05, 3.63) is 74.8 Å². The van der Waals surface area contributed by atoms with Crippen molar-refractivity contribution in [1.82, 2.24) is 20.0 Å². The van der Waals surface area contributed by atoms with Crippen LogP contribution in [0.3, 0.4) is 0 Å². The molecule has 2 aromatic rings. The number of rotatable bonds is 4. The fourth-order valence-electron chi connectivity index (χ4n) is 6.41. The molecule has 0 radical (unpaired) electrons. The van der Waals surface area contributed by atoms with Crippen LogP contribution in [0.1, 0.15) is 57.5 Å². The van der Waals surface area contributed by atoms with Crippen molar-refractivity contribution in [3.63, 3.8) is 0 Å². The first-order valence-corrected chi connectivity index (χ1v) is 14.6. The van der Waals surface area contributed by atoms with Crippen molar-refractivity contribution in [2.24, 2.45) is 0 Å². The van der Waals surface area contributed by atoms with Crippen molar-refractivity contribution < 1.29 is 28.0 Å². The van der Waals surface area contributed by atoms with E-state index in [4.69, 9.17) is 23.2 Å². The summed E-state index contributed by atoms with van der Waals surface area (Å²) in [5.74, 6) is -4.91. The number of benzene rings is 2. The standard InChI is InChI=1S/C30H28Cl2F2N4O4/c31-22-3-1-2-20(26(22)32)17-8-11-36(12-9-17)24-10-13-37(16-30(24,33)34)28(41)18-4-5-21-19(14-18)15-38(29(21)42)23-6-7-25(39)35-27(23)40/h1-5,8,14,23-24H,6-7,9-13,15-16H2,(H,35,39,40). The molecule has 4 heterocycles. The Kier molecular flexibility index (Phi) is 7.57. The predicted octanol–water partition coefficient (Wildman–Crippen LogP) is 4.39. The minimum atomic E-state index is -3.12. The average Bonchev–Trinajstić information content (AvgIpc) is 3.29. The zero-order valence-electron chi connectivity index (χ0n) is 22.5. The number of imide groups is 1. The van der Waals surface area contributed by atoms with E-state index in [2.05, 4.69) is 5.32 Å². The molecule has 2 saturated heterocycles. The Balaban J connectivity index is 1.11. The van der Waals surface area contributed by atoms with Crippen LogP contribution in [0.25, 0.3) is 5.57 Å². The lowest BCUT2D eigenvalue weighted by atomic mass is 9.94. The van der Waals surface area contributed by atoms with E-state index in [1.165, 1.54) is 21.9 Å². The number of likely N-dealkylation sites (tertiary alicyclic amines) is 1. The van der Waals surface area contributed by atoms with Gasteiger partial charge in [0.05, 0.1) is 22.6 Å². The van der Waals surface area contributed by atoms with Gasteiger partial charge in [0.25, 0.3) is 17.7 Å². The summed E-state index contributed by atoms with van der Waals surface area (Å²) in [6, 6.07) is 8.12. The lowest BCUT2D eigenvalue weighted by Gasteiger charge is -2.44. The Morgan fingerprint density at radius 3 is 2.52 bits per heavy atom. The molecular formula is C30H28Cl2F2N4O4. The molecule has 42 heavy (non-hydrogen) atoms. The number of fused-ring (bicyclic) bond motifs is 1. The summed E-state index contributed by atoms with van der Waals surface area (Å²) in [7, 11) is 0. The van der Waals surface area contributed by atoms with E-state index in [1.807, 2.05) is 18.2 Å². The quantitative estimate of drug-likeness (QED) is 0.515. The molecule has 220 valence electrons. The van der Waals surface area contributed by atoms with E-state index in [1.54, 1.807) is 17.0 Å². The number of hydrogen-bond acceptors (Lipinski definition) is 5. The number of amides is 4. The molecule has 2 unspecified atom stereocenters. The first kappa shape index (κ1) is 28.8. The van der Waals surface area contributed by atoms with Gasteiger partial charge >= 0.3 is 0 Å². The molecule has 2 aromatic carbocycles. The summed E-state index contributed by atoms with van der Waals surface area (Å²) < 4.78 is 31.0. The van der Waals surface area contributed by atoms with Gasteiger partial charge < -0.3 is 9.80 Å². The highest BCUT2D eigenvalue weighted by Crippen LogP contribution is 2.37. The highest BCUT2D eigenvalue weighted by molar-refractivity contribution is 6.43. The molecule has 0 bridgehead atoms. The van der Waals surface area contributed by atoms with Gasteiger partial charge in [-0.1, -0.05) is 41.4 Å². The van der Waals surface area contributed by atoms with Crippen molar-refractivity contribution in [3.8, 4) is 0 Å². The van der Waals surface area contributed by atoms with Gasteiger partial charge in [-0.05, 0) is 60.2 Å². The maximum atomic E-state index is 15.5. The van der Waals surface area contributed by atoms with Gasteiger partial charge in [-0.3, -0.25) is 29.4 Å². The maximum Gasteiger partial charge on any atom is 0.280 e. The van der Waals surface area contributed by atoms with E-state index < -0.39 is 36.4 Å². The molecule has 6 rings (SSSR count). The van der Waals surface area contributed by atoms with E-state index in [-0.39, 0.29) is 49.7 Å². The van der Waals surface area contributed by atoms with Crippen molar-refractivity contribution in [1.29, 1.82) is 0 Å². The maximum absolute atomic E-state index is 15.5. The van der Waals surface area contributed by atoms with E-state index >= 15 is 8.78 Å². The Bertz CT molecular complexity index is 1530. The average molecular weight is 617 g/mol. The zero-order valence-corrected chi connectivity index (χ0v) is 24.1. The highest BCUT2D eigenvalue weighted by atomic mass is 35.5. The van der Waals surface area contributed by atoms with Gasteiger partial charge in [0.15, 0.2) is 0 Å². The Labute approximate surface area is 251 Å². The Morgan fingerprint density at radius 1 is 1.00 bits per heavy atom. The topological polar surface area (TPSA) is 90.0 Å². The van der Waals surface area contributed by atoms with E-state index in [9.17, 15) is 19.2 Å². The van der Waals surface area contributed by atoms with E-state index in [0.29, 0.717) is 40.7 Å². The number of halogens is 4. The summed E-state index contributed by atoms with van der Waals surface area (Å²) in [4.78, 5) is 54.4. The monoisotopic (exact) mass is 616 g/mol. The van der Waals surface area contributed by atoms with Crippen LogP contribution >= 0.6 is 23.2 Å². The molecule has 0 spiro atoms. The fourth-order valence-corrected chi connectivity index (χ4v) is 6.83. The summed E-state index contributed by atoms with van der Waals surface area (Å²) >= 11 is 12.5. The molecule has 0 saturated carbocycles. The second kappa shape index (κ2) is 11.1. The van der Waals surface area contributed by atoms with Crippen LogP contribution in [0.15, 0.2) is 42.5 Å². The van der Waals surface area contributed by atoms with Crippen molar-refractivity contribution >= 4 is 52.4 Å². The molecule has 2 atom stereocenters. The second-order valence-electron chi connectivity index (χ2n) is 11.1. The number of nitrogens with zero attached hydrogens (tertiary/aromatic N) is 3. The van der Waals surface area contributed by atoms with Gasteiger partial charge in [-0.2, -0.15) is 0 Å². The molecule has 0 aliphatic carbocycles. The second-order valence-corrected chi connectivity index (χ2v) is 11.9. The number of piperidine rings is 2. The molecule has 4 aliphatic rings. The van der Waals surface area contributed by atoms with E-state index in [0.717, 1.165) is 11.1 Å². The number of carbonyl (C=O) groups is 4. The van der Waals surface area contributed by atoms with Crippen LogP contribution < -0.4 is 5.32 Å². The summed E-state index contributed by atoms with van der Waals surface area (Å²) in [6.07, 6.45) is 2.95. The molecule has 4 aliphatic heterocycles. The summed E-state index contributed by atoms with van der Waals surface area (Å²) in [5, 5.41) is 3.16. The minimum absolute atomic E-state index is 0.102. The van der Waals surface area contributed by atoms with Crippen LogP contribution in [0, 0.1) is 0 Å². The lowest BCUT2D eigenvalue weighted by Crippen LogP contribution is -2.60. The Hall–Kier alpha value is -3.34. The van der Waals surface area contributed by atoms with Gasteiger partial charge in [0.2, 0.25) is 11.8 Å². The number of hydrogen-bond donors (Lipinski definition) is 1. The largest absolute Gasteiger partial charge is 0.332 e. The fraction of sp³-hybridized carbons (Fsp3) is 0.400. The lowest BCUT2D eigenvalue weighted by molar-refractivity contribution is -0.136. The number of carbonyl (C=O) groups excluding carboxylic acids is 4. The zero-order chi connectivity index (χ0) is 29.8. The Morgan fingerprint density at radius 2 is 1.81 bits per heavy atom. The highest BCUT2D eigenvalue weighted by Gasteiger charge is 2.49. The number of nitrogens with one attached hydrogen (secondary N) is 1. The van der Waals surface area contributed by atoms with Gasteiger partial charge in [-0.15, -0.1) is 0 Å². The third-order valence-electron chi connectivity index (χ3n) is 8.60. The third-order valence-corrected chi connectivity index (χ3v) is 9.42. The third kappa shape index (κ3) is 5.20. The van der Waals surface area contributed by atoms with Crippen LogP contribution in [0.2, 0.25) is 10.0 Å². The number of alkyl halides is 2. The molecule has 4 amide bonds. The molecular weight excluding hydrogens is 589 g/mol. The van der Waals surface area contributed by atoms with Crippen LogP contribution in [0.4, 0.5) is 8.78 Å². The molecule has 1 N–H and O–H groups in total. The minimum Gasteiger partial charge on any atom is -0.332 e. The van der Waals surface area contributed by atoms with Crippen molar-refractivity contribution in [2.75, 3.05) is 26.2 Å². The van der Waals surface area contributed by atoms with Crippen molar-refractivity contribution in [2.45, 2.75) is 50.2 Å². The summed E-state index contributed by atoms with van der Waals surface area (Å²) in [6.45, 7) is 0.345.